The highest BCUT2D eigenvalue weighted by atomic mass is 16.6. The first kappa shape index (κ1) is 10.8. The van der Waals surface area contributed by atoms with Gasteiger partial charge in [-0.3, -0.25) is 4.79 Å². The first-order valence-electron chi connectivity index (χ1n) is 6.06. The molecule has 1 unspecified atom stereocenters. The molecule has 90 valence electrons. The van der Waals surface area contributed by atoms with E-state index >= 15 is 0 Å². The third kappa shape index (κ3) is 1.65. The number of benzene rings is 1. The fourth-order valence-corrected chi connectivity index (χ4v) is 2.58. The number of carbonyl (C=O) groups is 1. The van der Waals surface area contributed by atoms with Crippen LogP contribution in [0.1, 0.15) is 37.5 Å². The molecular formula is C14H17NO2. The van der Waals surface area contributed by atoms with E-state index in [1.807, 2.05) is 13.1 Å². The van der Waals surface area contributed by atoms with Crippen molar-refractivity contribution >= 4 is 11.6 Å². The molecule has 0 N–H and O–H groups in total. The lowest BCUT2D eigenvalue weighted by Crippen LogP contribution is -2.31. The van der Waals surface area contributed by atoms with E-state index < -0.39 is 0 Å². The van der Waals surface area contributed by atoms with Gasteiger partial charge in [-0.05, 0) is 37.5 Å². The Morgan fingerprint density at radius 2 is 2.06 bits per heavy atom. The van der Waals surface area contributed by atoms with E-state index in [4.69, 9.17) is 4.74 Å². The minimum absolute atomic E-state index is 0.0232. The zero-order chi connectivity index (χ0) is 12.2. The van der Waals surface area contributed by atoms with Gasteiger partial charge in [0.05, 0.1) is 5.60 Å². The lowest BCUT2D eigenvalue weighted by atomic mass is 9.95. The number of ether oxygens (including phenoxy) is 1. The molecule has 1 aromatic rings. The highest BCUT2D eigenvalue weighted by Crippen LogP contribution is 2.49. The number of amides is 1. The van der Waals surface area contributed by atoms with Crippen LogP contribution in [0.25, 0.3) is 0 Å². The minimum atomic E-state index is -0.0232. The predicted molar refractivity (Wildman–Crippen MR) is 66.1 cm³/mol. The van der Waals surface area contributed by atoms with Crippen molar-refractivity contribution in [3.63, 3.8) is 0 Å². The highest BCUT2D eigenvalue weighted by Gasteiger charge is 2.48. The van der Waals surface area contributed by atoms with Crippen molar-refractivity contribution in [2.45, 2.75) is 38.4 Å². The predicted octanol–water partition coefficient (Wildman–Crippen LogP) is 2.45. The number of aryl methyl sites for hydroxylation is 1. The summed E-state index contributed by atoms with van der Waals surface area (Å²) in [4.78, 5) is 13.3. The van der Waals surface area contributed by atoms with Gasteiger partial charge >= 0.3 is 0 Å². The van der Waals surface area contributed by atoms with Gasteiger partial charge in [0.15, 0.2) is 0 Å². The quantitative estimate of drug-likeness (QED) is 0.695. The third-order valence-corrected chi connectivity index (χ3v) is 3.75. The van der Waals surface area contributed by atoms with Crippen LogP contribution in [-0.2, 0) is 16.0 Å². The number of nitrogens with zero attached hydrogens (tertiary/aromatic N) is 1. The minimum Gasteiger partial charge on any atom is -0.362 e. The molecule has 3 nitrogen and oxygen atoms in total. The van der Waals surface area contributed by atoms with Crippen LogP contribution < -0.4 is 4.90 Å². The Morgan fingerprint density at radius 3 is 2.71 bits per heavy atom. The van der Waals surface area contributed by atoms with Crippen molar-refractivity contribution in [1.82, 2.24) is 0 Å². The summed E-state index contributed by atoms with van der Waals surface area (Å²) in [5.74, 6) is 0.202. The van der Waals surface area contributed by atoms with Crippen molar-refractivity contribution in [1.29, 1.82) is 0 Å². The number of epoxide rings is 1. The number of carbonyl (C=O) groups excluding carboxylic acids is 1. The van der Waals surface area contributed by atoms with Gasteiger partial charge in [-0.1, -0.05) is 12.1 Å². The first-order chi connectivity index (χ1) is 7.99. The summed E-state index contributed by atoms with van der Waals surface area (Å²) in [6.45, 7) is 4.21. The Morgan fingerprint density at radius 1 is 1.35 bits per heavy atom. The molecule has 3 rings (SSSR count). The molecule has 0 aliphatic carbocycles. The topological polar surface area (TPSA) is 32.8 Å². The zero-order valence-electron chi connectivity index (χ0n) is 10.5. The van der Waals surface area contributed by atoms with Crippen molar-refractivity contribution < 1.29 is 9.53 Å². The van der Waals surface area contributed by atoms with Crippen molar-refractivity contribution in [2.75, 3.05) is 11.9 Å². The average molecular weight is 231 g/mol. The van der Waals surface area contributed by atoms with Crippen molar-refractivity contribution in [2.24, 2.45) is 0 Å². The zero-order valence-corrected chi connectivity index (χ0v) is 10.5. The van der Waals surface area contributed by atoms with Gasteiger partial charge < -0.3 is 9.64 Å². The number of hydrogen-bond donors (Lipinski definition) is 0. The normalized spacial score (nSPS) is 25.7. The van der Waals surface area contributed by atoms with E-state index in [1.54, 1.807) is 4.90 Å². The smallest absolute Gasteiger partial charge is 0.227 e. The maximum atomic E-state index is 11.6. The summed E-state index contributed by atoms with van der Waals surface area (Å²) in [6, 6.07) is 6.31. The summed E-state index contributed by atoms with van der Waals surface area (Å²) < 4.78 is 5.65. The second-order valence-corrected chi connectivity index (χ2v) is 5.44. The monoisotopic (exact) mass is 231 g/mol. The molecule has 2 heterocycles. The molecule has 0 saturated carbocycles. The van der Waals surface area contributed by atoms with Crippen LogP contribution in [0.15, 0.2) is 18.2 Å². The van der Waals surface area contributed by atoms with E-state index in [9.17, 15) is 4.79 Å². The second-order valence-electron chi connectivity index (χ2n) is 5.44. The maximum Gasteiger partial charge on any atom is 0.227 e. The molecule has 0 bridgehead atoms. The average Bonchev–Trinajstić information content (AvgIpc) is 2.93. The molecular weight excluding hydrogens is 214 g/mol. The fraction of sp³-hybridized carbons (Fsp3) is 0.500. The van der Waals surface area contributed by atoms with Crippen LogP contribution in [0, 0.1) is 0 Å². The Balaban J connectivity index is 1.95. The van der Waals surface area contributed by atoms with Crippen LogP contribution >= 0.6 is 0 Å². The Labute approximate surface area is 101 Å². The van der Waals surface area contributed by atoms with E-state index in [0.29, 0.717) is 6.42 Å². The third-order valence-electron chi connectivity index (χ3n) is 3.75. The molecule has 2 aliphatic heterocycles. The maximum absolute atomic E-state index is 11.6. The number of anilines is 1. The second kappa shape index (κ2) is 3.33. The largest absolute Gasteiger partial charge is 0.362 e. The molecule has 1 atom stereocenters. The van der Waals surface area contributed by atoms with Crippen molar-refractivity contribution in [3.05, 3.63) is 29.3 Å². The molecule has 3 heteroatoms. The Bertz CT molecular complexity index is 493. The molecule has 1 fully saturated rings. The molecule has 1 aromatic carbocycles. The van der Waals surface area contributed by atoms with E-state index in [1.165, 1.54) is 11.1 Å². The van der Waals surface area contributed by atoms with Gasteiger partial charge in [0.2, 0.25) is 5.91 Å². The molecule has 0 aromatic heterocycles. The summed E-state index contributed by atoms with van der Waals surface area (Å²) in [5, 5.41) is 0. The summed E-state index contributed by atoms with van der Waals surface area (Å²) in [6.07, 6.45) is 1.68. The molecule has 0 spiro atoms. The Kier molecular flexibility index (Phi) is 2.11. The number of fused-ring (bicyclic) bond motifs is 1. The van der Waals surface area contributed by atoms with Crippen molar-refractivity contribution in [3.8, 4) is 0 Å². The van der Waals surface area contributed by atoms with Crippen LogP contribution in [0.5, 0.6) is 0 Å². The molecule has 2 aliphatic rings. The lowest BCUT2D eigenvalue weighted by Gasteiger charge is -2.26. The van der Waals surface area contributed by atoms with Gasteiger partial charge in [0.25, 0.3) is 0 Å². The summed E-state index contributed by atoms with van der Waals surface area (Å²) in [7, 11) is 1.84. The SMILES string of the molecule is CN1C(=O)CCc2cc(C3OC3(C)C)ccc21. The van der Waals surface area contributed by atoms with Crippen LogP contribution in [0.3, 0.4) is 0 Å². The first-order valence-corrected chi connectivity index (χ1v) is 6.06. The molecule has 0 radical (unpaired) electrons. The van der Waals surface area contributed by atoms with Crippen LogP contribution in [0.4, 0.5) is 5.69 Å². The lowest BCUT2D eigenvalue weighted by molar-refractivity contribution is -0.118. The Hall–Kier alpha value is -1.35. The fourth-order valence-electron chi connectivity index (χ4n) is 2.58. The van der Waals surface area contributed by atoms with Crippen LogP contribution in [0.2, 0.25) is 0 Å². The molecule has 1 amide bonds. The van der Waals surface area contributed by atoms with E-state index in [2.05, 4.69) is 26.0 Å². The molecule has 17 heavy (non-hydrogen) atoms. The van der Waals surface area contributed by atoms with Gasteiger partial charge in [-0.15, -0.1) is 0 Å². The summed E-state index contributed by atoms with van der Waals surface area (Å²) >= 11 is 0. The standard InChI is InChI=1S/C14H17NO2/c1-14(2)13(17-14)10-4-6-11-9(8-10)5-7-12(16)15(11)3/h4,6,8,13H,5,7H2,1-3H3. The van der Waals surface area contributed by atoms with Gasteiger partial charge in [-0.2, -0.15) is 0 Å². The number of rotatable bonds is 1. The van der Waals surface area contributed by atoms with E-state index in [0.717, 1.165) is 12.1 Å². The number of hydrogen-bond acceptors (Lipinski definition) is 2. The molecule has 1 saturated heterocycles. The van der Waals surface area contributed by atoms with Gasteiger partial charge in [-0.25, -0.2) is 0 Å². The highest BCUT2D eigenvalue weighted by molar-refractivity contribution is 5.95. The van der Waals surface area contributed by atoms with Gasteiger partial charge in [0.1, 0.15) is 6.10 Å². The van der Waals surface area contributed by atoms with E-state index in [-0.39, 0.29) is 17.6 Å². The summed E-state index contributed by atoms with van der Waals surface area (Å²) in [5.41, 5.74) is 3.51. The van der Waals surface area contributed by atoms with Gasteiger partial charge in [0, 0.05) is 19.2 Å². The van der Waals surface area contributed by atoms with Crippen LogP contribution in [-0.4, -0.2) is 18.6 Å².